The van der Waals surface area contributed by atoms with Gasteiger partial charge in [-0.3, -0.25) is 14.4 Å². The SMILES string of the molecule is CCCCC/C=C\C/C=C\CCCCCCCCCCCC(=O)OC(COC(=O)CCCCCCCCCCCCCCCCCCC)COC(=O)CCCCCCCCCCCCCCCCCCC. The number of unbranched alkanes of at least 4 members (excludes halogenated alkanes) is 44. The maximum atomic E-state index is 12.9. The number of carbonyl (C=O) groups is 3. The third kappa shape index (κ3) is 58.7. The molecule has 0 rings (SSSR count). The summed E-state index contributed by atoms with van der Waals surface area (Å²) >= 11 is 0. The average Bonchev–Trinajstić information content (AvgIpc) is 3.37. The zero-order valence-electron chi connectivity index (χ0n) is 48.0. The molecular weight excluding hydrogens is 877 g/mol. The molecule has 0 spiro atoms. The fourth-order valence-electron chi connectivity index (χ4n) is 9.65. The van der Waals surface area contributed by atoms with Crippen molar-refractivity contribution in [3.8, 4) is 0 Å². The van der Waals surface area contributed by atoms with Crippen LogP contribution in [0.15, 0.2) is 24.3 Å². The monoisotopic (exact) mass is 999 g/mol. The van der Waals surface area contributed by atoms with Crippen LogP contribution < -0.4 is 0 Å². The molecule has 0 saturated heterocycles. The molecule has 0 radical (unpaired) electrons. The molecule has 0 aromatic rings. The van der Waals surface area contributed by atoms with Gasteiger partial charge in [0.05, 0.1) is 0 Å². The molecule has 0 aliphatic rings. The van der Waals surface area contributed by atoms with Gasteiger partial charge in [0, 0.05) is 19.3 Å². The van der Waals surface area contributed by atoms with Crippen LogP contribution in [0.2, 0.25) is 0 Å². The summed E-state index contributed by atoms with van der Waals surface area (Å²) in [7, 11) is 0. The fourth-order valence-corrected chi connectivity index (χ4v) is 9.65. The summed E-state index contributed by atoms with van der Waals surface area (Å²) in [6.45, 7) is 6.69. The van der Waals surface area contributed by atoms with Crippen LogP contribution in [0.25, 0.3) is 0 Å². The van der Waals surface area contributed by atoms with E-state index in [0.29, 0.717) is 19.3 Å². The van der Waals surface area contributed by atoms with Gasteiger partial charge < -0.3 is 14.2 Å². The second-order valence-corrected chi connectivity index (χ2v) is 21.7. The minimum atomic E-state index is -0.769. The van der Waals surface area contributed by atoms with Crippen LogP contribution in [-0.2, 0) is 28.6 Å². The summed E-state index contributed by atoms with van der Waals surface area (Å²) in [5, 5.41) is 0. The molecule has 418 valence electrons. The zero-order chi connectivity index (χ0) is 51.4. The average molecular weight is 1000 g/mol. The van der Waals surface area contributed by atoms with Crippen molar-refractivity contribution in [2.24, 2.45) is 0 Å². The third-order valence-electron chi connectivity index (χ3n) is 14.5. The smallest absolute Gasteiger partial charge is 0.306 e. The molecule has 0 bridgehead atoms. The Kier molecular flexibility index (Phi) is 58.6. The van der Waals surface area contributed by atoms with Crippen LogP contribution in [0.3, 0.4) is 0 Å². The van der Waals surface area contributed by atoms with Gasteiger partial charge in [-0.1, -0.05) is 308 Å². The first-order valence-corrected chi connectivity index (χ1v) is 31.8. The van der Waals surface area contributed by atoms with E-state index >= 15 is 0 Å². The predicted molar refractivity (Wildman–Crippen MR) is 307 cm³/mol. The van der Waals surface area contributed by atoms with Gasteiger partial charge in [-0.2, -0.15) is 0 Å². The number of hydrogen-bond donors (Lipinski definition) is 0. The lowest BCUT2D eigenvalue weighted by atomic mass is 10.0. The van der Waals surface area contributed by atoms with Crippen molar-refractivity contribution >= 4 is 17.9 Å². The molecule has 0 atom stereocenters. The number of ether oxygens (including phenoxy) is 3. The van der Waals surface area contributed by atoms with E-state index in [0.717, 1.165) is 64.2 Å². The molecule has 71 heavy (non-hydrogen) atoms. The van der Waals surface area contributed by atoms with Crippen molar-refractivity contribution in [1.29, 1.82) is 0 Å². The van der Waals surface area contributed by atoms with E-state index in [2.05, 4.69) is 45.1 Å². The molecule has 6 heteroatoms. The number of rotatable bonds is 59. The van der Waals surface area contributed by atoms with E-state index < -0.39 is 6.10 Å². The first-order valence-electron chi connectivity index (χ1n) is 31.8. The van der Waals surface area contributed by atoms with Gasteiger partial charge in [0.1, 0.15) is 13.2 Å². The maximum absolute atomic E-state index is 12.9. The Morgan fingerprint density at radius 3 is 0.803 bits per heavy atom. The standard InChI is InChI=1S/C65H122O6/c1-4-7-10-13-16-19-22-25-28-31-32-35-38-41-44-47-50-53-56-59-65(68)71-62(60-69-63(66)57-54-51-48-45-42-39-36-33-29-26-23-20-17-14-11-8-5-2)61-70-64(67)58-55-52-49-46-43-40-37-34-30-27-24-21-18-15-12-9-6-3/h16,19,25,28,62H,4-15,17-18,20-24,26-27,29-61H2,1-3H3/b19-16-,28-25-. The van der Waals surface area contributed by atoms with Crippen molar-refractivity contribution in [3.63, 3.8) is 0 Å². The summed E-state index contributed by atoms with van der Waals surface area (Å²) in [5.74, 6) is -0.842. The molecule has 0 aliphatic carbocycles. The van der Waals surface area contributed by atoms with Gasteiger partial charge in [-0.05, 0) is 51.4 Å². The Balaban J connectivity index is 4.32. The summed E-state index contributed by atoms with van der Waals surface area (Å²) in [4.78, 5) is 38.3. The molecule has 0 aromatic heterocycles. The molecule has 0 aromatic carbocycles. The van der Waals surface area contributed by atoms with Crippen LogP contribution in [0, 0.1) is 0 Å². The highest BCUT2D eigenvalue weighted by Crippen LogP contribution is 2.18. The van der Waals surface area contributed by atoms with E-state index in [1.54, 1.807) is 0 Å². The Morgan fingerprint density at radius 1 is 0.282 bits per heavy atom. The fraction of sp³-hybridized carbons (Fsp3) is 0.892. The Hall–Kier alpha value is -2.11. The van der Waals surface area contributed by atoms with Crippen molar-refractivity contribution in [3.05, 3.63) is 24.3 Å². The van der Waals surface area contributed by atoms with Gasteiger partial charge >= 0.3 is 17.9 Å². The van der Waals surface area contributed by atoms with E-state index in [4.69, 9.17) is 14.2 Å². The lowest BCUT2D eigenvalue weighted by molar-refractivity contribution is -0.167. The molecule has 0 heterocycles. The number of hydrogen-bond acceptors (Lipinski definition) is 6. The highest BCUT2D eigenvalue weighted by Gasteiger charge is 2.19. The molecule has 0 N–H and O–H groups in total. The molecule has 0 aliphatic heterocycles. The lowest BCUT2D eigenvalue weighted by Crippen LogP contribution is -2.30. The van der Waals surface area contributed by atoms with Crippen molar-refractivity contribution < 1.29 is 28.6 Å². The number of carbonyl (C=O) groups excluding carboxylic acids is 3. The highest BCUT2D eigenvalue weighted by atomic mass is 16.6. The van der Waals surface area contributed by atoms with Gasteiger partial charge in [0.2, 0.25) is 0 Å². The first kappa shape index (κ1) is 68.9. The first-order chi connectivity index (χ1) is 35.0. The zero-order valence-corrected chi connectivity index (χ0v) is 48.0. The van der Waals surface area contributed by atoms with Gasteiger partial charge in [-0.25, -0.2) is 0 Å². The van der Waals surface area contributed by atoms with Crippen LogP contribution in [0.1, 0.15) is 355 Å². The maximum Gasteiger partial charge on any atom is 0.306 e. The molecule has 6 nitrogen and oxygen atoms in total. The second kappa shape index (κ2) is 60.4. The Bertz CT molecular complexity index is 1090. The van der Waals surface area contributed by atoms with Crippen molar-refractivity contribution in [1.82, 2.24) is 0 Å². The van der Waals surface area contributed by atoms with Crippen LogP contribution >= 0.6 is 0 Å². The number of allylic oxidation sites excluding steroid dienone is 4. The Morgan fingerprint density at radius 2 is 0.507 bits per heavy atom. The molecule has 0 unspecified atom stereocenters. The Labute approximate surface area is 443 Å². The summed E-state index contributed by atoms with van der Waals surface area (Å²) in [6, 6.07) is 0. The van der Waals surface area contributed by atoms with Crippen LogP contribution in [0.4, 0.5) is 0 Å². The number of esters is 3. The normalized spacial score (nSPS) is 11.7. The van der Waals surface area contributed by atoms with Crippen molar-refractivity contribution in [2.45, 2.75) is 361 Å². The second-order valence-electron chi connectivity index (χ2n) is 21.7. The van der Waals surface area contributed by atoms with E-state index in [9.17, 15) is 14.4 Å². The summed E-state index contributed by atoms with van der Waals surface area (Å²) in [5.41, 5.74) is 0. The van der Waals surface area contributed by atoms with E-state index in [-0.39, 0.29) is 31.1 Å². The molecule has 0 amide bonds. The third-order valence-corrected chi connectivity index (χ3v) is 14.5. The molecular formula is C65H122O6. The highest BCUT2D eigenvalue weighted by molar-refractivity contribution is 5.71. The predicted octanol–water partition coefficient (Wildman–Crippen LogP) is 21.4. The topological polar surface area (TPSA) is 78.9 Å². The minimum Gasteiger partial charge on any atom is -0.462 e. The van der Waals surface area contributed by atoms with Crippen LogP contribution in [-0.4, -0.2) is 37.2 Å². The van der Waals surface area contributed by atoms with Crippen LogP contribution in [0.5, 0.6) is 0 Å². The lowest BCUT2D eigenvalue weighted by Gasteiger charge is -2.18. The van der Waals surface area contributed by atoms with E-state index in [1.807, 2.05) is 0 Å². The van der Waals surface area contributed by atoms with Gasteiger partial charge in [-0.15, -0.1) is 0 Å². The minimum absolute atomic E-state index is 0.0667. The molecule has 0 fully saturated rings. The quantitative estimate of drug-likeness (QED) is 0.0261. The largest absolute Gasteiger partial charge is 0.462 e. The van der Waals surface area contributed by atoms with Gasteiger partial charge in [0.15, 0.2) is 6.10 Å². The molecule has 0 saturated carbocycles. The van der Waals surface area contributed by atoms with E-state index in [1.165, 1.54) is 250 Å². The summed E-state index contributed by atoms with van der Waals surface area (Å²) in [6.07, 6.45) is 71.7. The van der Waals surface area contributed by atoms with Crippen molar-refractivity contribution in [2.75, 3.05) is 13.2 Å². The summed E-state index contributed by atoms with van der Waals surface area (Å²) < 4.78 is 17.0. The van der Waals surface area contributed by atoms with Gasteiger partial charge in [0.25, 0.3) is 0 Å².